The summed E-state index contributed by atoms with van der Waals surface area (Å²) >= 11 is 0. The van der Waals surface area contributed by atoms with E-state index < -0.39 is 0 Å². The lowest BCUT2D eigenvalue weighted by molar-refractivity contribution is 0.549. The van der Waals surface area contributed by atoms with E-state index in [1.54, 1.807) is 0 Å². The molecule has 11 heavy (non-hydrogen) atoms. The first-order chi connectivity index (χ1) is 5.27. The molecular weight excluding hydrogens is 136 g/mol. The molecule has 1 aliphatic rings. The predicted octanol–water partition coefficient (Wildman–Crippen LogP) is 2.94. The van der Waals surface area contributed by atoms with Crippen LogP contribution in [-0.4, -0.2) is 0 Å². The van der Waals surface area contributed by atoms with Gasteiger partial charge in [0.2, 0.25) is 0 Å². The van der Waals surface area contributed by atoms with E-state index >= 15 is 0 Å². The van der Waals surface area contributed by atoms with Gasteiger partial charge >= 0.3 is 0 Å². The van der Waals surface area contributed by atoms with Crippen LogP contribution >= 0.6 is 0 Å². The van der Waals surface area contributed by atoms with Gasteiger partial charge in [0.1, 0.15) is 5.76 Å². The molecule has 58 valence electrons. The van der Waals surface area contributed by atoms with Gasteiger partial charge in [-0.2, -0.15) is 0 Å². The second-order valence-electron chi connectivity index (χ2n) is 3.25. The van der Waals surface area contributed by atoms with Gasteiger partial charge in [-0.05, 0) is 38.3 Å². The molecule has 0 aliphatic heterocycles. The maximum absolute atomic E-state index is 5.38. The summed E-state index contributed by atoms with van der Waals surface area (Å²) in [5.74, 6) is 1.08. The molecular formula is C10H12O. The van der Waals surface area contributed by atoms with Gasteiger partial charge in [-0.3, -0.25) is 0 Å². The molecule has 1 aliphatic carbocycles. The van der Waals surface area contributed by atoms with Crippen molar-refractivity contribution < 1.29 is 4.42 Å². The van der Waals surface area contributed by atoms with Gasteiger partial charge in [-0.15, -0.1) is 0 Å². The molecule has 2 rings (SSSR count). The van der Waals surface area contributed by atoms with Crippen LogP contribution in [0.3, 0.4) is 0 Å². The Kier molecular flexibility index (Phi) is 1.38. The largest absolute Gasteiger partial charge is 0.464 e. The van der Waals surface area contributed by atoms with E-state index in [1.165, 1.54) is 23.1 Å². The summed E-state index contributed by atoms with van der Waals surface area (Å²) in [6.07, 6.45) is 6.33. The maximum atomic E-state index is 5.38. The zero-order valence-corrected chi connectivity index (χ0v) is 6.98. The Labute approximate surface area is 66.7 Å². The zero-order valence-electron chi connectivity index (χ0n) is 6.98. The molecule has 1 heterocycles. The number of rotatable bonds is 0. The highest BCUT2D eigenvalue weighted by Crippen LogP contribution is 2.27. The highest BCUT2D eigenvalue weighted by atomic mass is 16.3. The molecule has 0 unspecified atom stereocenters. The number of hydrogen-bond acceptors (Lipinski definition) is 1. The van der Waals surface area contributed by atoms with Crippen molar-refractivity contribution in [3.8, 4) is 0 Å². The van der Waals surface area contributed by atoms with Crippen LogP contribution in [0.5, 0.6) is 0 Å². The normalized spacial score (nSPS) is 16.0. The van der Waals surface area contributed by atoms with Crippen LogP contribution in [0, 0.1) is 6.92 Å². The van der Waals surface area contributed by atoms with Crippen molar-refractivity contribution in [3.63, 3.8) is 0 Å². The second-order valence-corrected chi connectivity index (χ2v) is 3.25. The van der Waals surface area contributed by atoms with Crippen LogP contribution in [0.4, 0.5) is 0 Å². The van der Waals surface area contributed by atoms with Crippen LogP contribution in [-0.2, 0) is 6.42 Å². The van der Waals surface area contributed by atoms with E-state index in [4.69, 9.17) is 4.42 Å². The van der Waals surface area contributed by atoms with Crippen molar-refractivity contribution in [1.82, 2.24) is 0 Å². The molecule has 0 bridgehead atoms. The highest BCUT2D eigenvalue weighted by molar-refractivity contribution is 5.55. The Morgan fingerprint density at radius 3 is 2.91 bits per heavy atom. The Morgan fingerprint density at radius 1 is 1.27 bits per heavy atom. The predicted molar refractivity (Wildman–Crippen MR) is 45.4 cm³/mol. The standard InChI is InChI=1S/C10H12O/c1-7-3-4-9-8(2)6-11-10(9)5-7/h5-6H,3-4H2,1-2H3. The first-order valence-electron chi connectivity index (χ1n) is 4.01. The van der Waals surface area contributed by atoms with Gasteiger partial charge in [0.25, 0.3) is 0 Å². The van der Waals surface area contributed by atoms with Crippen molar-refractivity contribution in [2.24, 2.45) is 0 Å². The van der Waals surface area contributed by atoms with Crippen LogP contribution in [0.15, 0.2) is 16.3 Å². The summed E-state index contributed by atoms with van der Waals surface area (Å²) in [5, 5.41) is 0. The summed E-state index contributed by atoms with van der Waals surface area (Å²) in [7, 11) is 0. The average molecular weight is 148 g/mol. The van der Waals surface area contributed by atoms with Crippen LogP contribution in [0.1, 0.15) is 30.2 Å². The number of aryl methyl sites for hydroxylation is 1. The molecule has 0 saturated heterocycles. The van der Waals surface area contributed by atoms with Gasteiger partial charge in [0.05, 0.1) is 6.26 Å². The molecule has 0 N–H and O–H groups in total. The summed E-state index contributed by atoms with van der Waals surface area (Å²) in [6, 6.07) is 0. The van der Waals surface area contributed by atoms with Crippen molar-refractivity contribution >= 4 is 6.08 Å². The first kappa shape index (κ1) is 6.71. The minimum Gasteiger partial charge on any atom is -0.464 e. The Balaban J connectivity index is 2.53. The van der Waals surface area contributed by atoms with Crippen LogP contribution < -0.4 is 0 Å². The highest BCUT2D eigenvalue weighted by Gasteiger charge is 2.12. The molecule has 1 aromatic heterocycles. The third kappa shape index (κ3) is 1.01. The summed E-state index contributed by atoms with van der Waals surface area (Å²) in [6.45, 7) is 4.26. The van der Waals surface area contributed by atoms with Gasteiger partial charge in [-0.25, -0.2) is 0 Å². The number of furan rings is 1. The van der Waals surface area contributed by atoms with Crippen LogP contribution in [0.2, 0.25) is 0 Å². The third-order valence-corrected chi connectivity index (χ3v) is 2.28. The van der Waals surface area contributed by atoms with Crippen molar-refractivity contribution in [1.29, 1.82) is 0 Å². The van der Waals surface area contributed by atoms with Crippen molar-refractivity contribution in [2.45, 2.75) is 26.7 Å². The molecule has 0 saturated carbocycles. The summed E-state index contributed by atoms with van der Waals surface area (Å²) in [4.78, 5) is 0. The molecule has 0 fully saturated rings. The molecule has 1 nitrogen and oxygen atoms in total. The fourth-order valence-electron chi connectivity index (χ4n) is 1.55. The number of hydrogen-bond donors (Lipinski definition) is 0. The lowest BCUT2D eigenvalue weighted by Gasteiger charge is -2.08. The zero-order chi connectivity index (χ0) is 7.84. The van der Waals surface area contributed by atoms with Gasteiger partial charge < -0.3 is 4.42 Å². The second kappa shape index (κ2) is 2.26. The molecule has 1 heteroatoms. The lowest BCUT2D eigenvalue weighted by atomic mass is 9.97. The summed E-state index contributed by atoms with van der Waals surface area (Å²) < 4.78 is 5.38. The molecule has 0 aromatic carbocycles. The van der Waals surface area contributed by atoms with Crippen molar-refractivity contribution in [2.75, 3.05) is 0 Å². The SMILES string of the molecule is CC1=Cc2occ(C)c2CC1. The van der Waals surface area contributed by atoms with Gasteiger partial charge in [-0.1, -0.05) is 5.57 Å². The van der Waals surface area contributed by atoms with E-state index in [2.05, 4.69) is 19.9 Å². The monoisotopic (exact) mass is 148 g/mol. The summed E-state index contributed by atoms with van der Waals surface area (Å²) in [5.41, 5.74) is 4.12. The molecule has 0 spiro atoms. The quantitative estimate of drug-likeness (QED) is 0.551. The topological polar surface area (TPSA) is 13.1 Å². The Hall–Kier alpha value is -0.980. The lowest BCUT2D eigenvalue weighted by Crippen LogP contribution is -1.94. The van der Waals surface area contributed by atoms with E-state index in [0.29, 0.717) is 0 Å². The minimum atomic E-state index is 1.08. The van der Waals surface area contributed by atoms with E-state index in [9.17, 15) is 0 Å². The Bertz CT molecular complexity index is 305. The minimum absolute atomic E-state index is 1.08. The number of fused-ring (bicyclic) bond motifs is 1. The number of allylic oxidation sites excluding steroid dienone is 1. The molecule has 0 amide bonds. The van der Waals surface area contributed by atoms with E-state index in [0.717, 1.165) is 12.2 Å². The third-order valence-electron chi connectivity index (χ3n) is 2.28. The first-order valence-corrected chi connectivity index (χ1v) is 4.01. The van der Waals surface area contributed by atoms with Gasteiger partial charge in [0.15, 0.2) is 0 Å². The molecule has 0 atom stereocenters. The molecule has 1 aromatic rings. The smallest absolute Gasteiger partial charge is 0.130 e. The fraction of sp³-hybridized carbons (Fsp3) is 0.400. The van der Waals surface area contributed by atoms with Crippen LogP contribution in [0.25, 0.3) is 6.08 Å². The fourth-order valence-corrected chi connectivity index (χ4v) is 1.55. The van der Waals surface area contributed by atoms with E-state index in [1.807, 2.05) is 6.26 Å². The van der Waals surface area contributed by atoms with Crippen molar-refractivity contribution in [3.05, 3.63) is 28.7 Å². The Morgan fingerprint density at radius 2 is 2.09 bits per heavy atom. The molecule has 0 radical (unpaired) electrons. The van der Waals surface area contributed by atoms with Gasteiger partial charge in [0, 0.05) is 5.56 Å². The maximum Gasteiger partial charge on any atom is 0.130 e. The van der Waals surface area contributed by atoms with E-state index in [-0.39, 0.29) is 0 Å². The average Bonchev–Trinajstić information content (AvgIpc) is 2.32.